The van der Waals surface area contributed by atoms with E-state index in [9.17, 15) is 8.78 Å². The molecule has 0 radical (unpaired) electrons. The summed E-state index contributed by atoms with van der Waals surface area (Å²) in [4.78, 5) is 0. The molecule has 3 rings (SSSR count). The number of nitrogens with one attached hydrogen (secondary N) is 1. The van der Waals surface area contributed by atoms with Crippen LogP contribution in [0.4, 0.5) is 8.78 Å². The van der Waals surface area contributed by atoms with Gasteiger partial charge in [0, 0.05) is 31.5 Å². The molecule has 2 aromatic rings. The van der Waals surface area contributed by atoms with Crippen molar-refractivity contribution in [2.45, 2.75) is 31.7 Å². The number of halogens is 2. The van der Waals surface area contributed by atoms with E-state index in [2.05, 4.69) is 15.5 Å². The van der Waals surface area contributed by atoms with Gasteiger partial charge >= 0.3 is 0 Å². The van der Waals surface area contributed by atoms with E-state index in [4.69, 9.17) is 0 Å². The maximum Gasteiger partial charge on any atom is 0.129 e. The van der Waals surface area contributed by atoms with E-state index >= 15 is 0 Å². The second-order valence-electron chi connectivity index (χ2n) is 4.98. The van der Waals surface area contributed by atoms with Crippen molar-refractivity contribution < 1.29 is 8.78 Å². The van der Waals surface area contributed by atoms with Gasteiger partial charge in [-0.3, -0.25) is 0 Å². The van der Waals surface area contributed by atoms with Crippen molar-refractivity contribution in [1.29, 1.82) is 0 Å². The summed E-state index contributed by atoms with van der Waals surface area (Å²) in [5.41, 5.74) is 0.449. The van der Waals surface area contributed by atoms with E-state index in [0.717, 1.165) is 29.0 Å². The fourth-order valence-corrected chi connectivity index (χ4v) is 2.83. The molecule has 1 saturated carbocycles. The molecule has 0 unspecified atom stereocenters. The van der Waals surface area contributed by atoms with Gasteiger partial charge in [-0.1, -0.05) is 6.07 Å². The molecule has 0 bridgehead atoms. The molecule has 1 aromatic carbocycles. The molecule has 1 fully saturated rings. The Labute approximate surface area is 120 Å². The molecule has 1 N–H and O–H groups in total. The zero-order valence-electron chi connectivity index (χ0n) is 10.9. The molecule has 20 heavy (non-hydrogen) atoms. The molecular formula is C14H15F2N3S. The molecule has 0 atom stereocenters. The Bertz CT molecular complexity index is 596. The van der Waals surface area contributed by atoms with Crippen molar-refractivity contribution in [3.63, 3.8) is 0 Å². The zero-order valence-corrected chi connectivity index (χ0v) is 11.7. The molecule has 1 heterocycles. The summed E-state index contributed by atoms with van der Waals surface area (Å²) in [5, 5.41) is 13.3. The van der Waals surface area contributed by atoms with Crippen LogP contribution in [0.2, 0.25) is 0 Å². The lowest BCUT2D eigenvalue weighted by Crippen LogP contribution is -2.19. The quantitative estimate of drug-likeness (QED) is 0.890. The lowest BCUT2D eigenvalue weighted by atomic mass is 10.1. The molecule has 1 aliphatic rings. The van der Waals surface area contributed by atoms with Crippen LogP contribution in [-0.4, -0.2) is 22.8 Å². The second-order valence-corrected chi connectivity index (χ2v) is 6.13. The van der Waals surface area contributed by atoms with Crippen LogP contribution >= 0.6 is 11.3 Å². The summed E-state index contributed by atoms with van der Waals surface area (Å²) in [6.45, 7) is 0.907. The number of aromatic nitrogens is 2. The molecule has 1 aliphatic carbocycles. The fourth-order valence-electron chi connectivity index (χ4n) is 1.96. The minimum atomic E-state index is -0.560. The maximum absolute atomic E-state index is 13.5. The Kier molecular flexibility index (Phi) is 4.03. The Morgan fingerprint density at radius 3 is 2.75 bits per heavy atom. The molecule has 0 aliphatic heterocycles. The van der Waals surface area contributed by atoms with E-state index in [1.807, 2.05) is 0 Å². The summed E-state index contributed by atoms with van der Waals surface area (Å²) in [6.07, 6.45) is 3.75. The molecule has 0 amide bonds. The van der Waals surface area contributed by atoms with Crippen LogP contribution in [0.15, 0.2) is 18.2 Å². The van der Waals surface area contributed by atoms with Gasteiger partial charge < -0.3 is 5.32 Å². The van der Waals surface area contributed by atoms with E-state index in [1.165, 1.54) is 36.3 Å². The predicted octanol–water partition coefficient (Wildman–Crippen LogP) is 2.70. The molecule has 0 saturated heterocycles. The average Bonchev–Trinajstić information content (AvgIpc) is 3.12. The topological polar surface area (TPSA) is 37.8 Å². The Balaban J connectivity index is 1.58. The van der Waals surface area contributed by atoms with E-state index < -0.39 is 11.6 Å². The van der Waals surface area contributed by atoms with Gasteiger partial charge in [-0.05, 0) is 24.5 Å². The third kappa shape index (κ3) is 3.58. The van der Waals surface area contributed by atoms with Gasteiger partial charge in [0.2, 0.25) is 0 Å². The monoisotopic (exact) mass is 295 g/mol. The van der Waals surface area contributed by atoms with Crippen molar-refractivity contribution >= 4 is 11.3 Å². The van der Waals surface area contributed by atoms with Crippen molar-refractivity contribution in [2.75, 3.05) is 6.54 Å². The van der Waals surface area contributed by atoms with Crippen molar-refractivity contribution in [2.24, 2.45) is 0 Å². The Morgan fingerprint density at radius 2 is 2.00 bits per heavy atom. The first kappa shape index (κ1) is 13.6. The molecular weight excluding hydrogens is 280 g/mol. The number of hydrogen-bond acceptors (Lipinski definition) is 4. The van der Waals surface area contributed by atoms with Gasteiger partial charge in [-0.15, -0.1) is 21.5 Å². The smallest absolute Gasteiger partial charge is 0.129 e. The first-order chi connectivity index (χ1) is 9.70. The summed E-state index contributed by atoms with van der Waals surface area (Å²) < 4.78 is 26.4. The average molecular weight is 295 g/mol. The maximum atomic E-state index is 13.5. The minimum absolute atomic E-state index is 0.361. The highest BCUT2D eigenvalue weighted by Gasteiger charge is 2.19. The van der Waals surface area contributed by atoms with E-state index in [1.54, 1.807) is 0 Å². The van der Waals surface area contributed by atoms with Gasteiger partial charge in [0.05, 0.1) is 0 Å². The molecule has 6 heteroatoms. The number of nitrogens with zero attached hydrogens (tertiary/aromatic N) is 2. The van der Waals surface area contributed by atoms with Crippen LogP contribution in [0, 0.1) is 11.6 Å². The fraction of sp³-hybridized carbons (Fsp3) is 0.429. The predicted molar refractivity (Wildman–Crippen MR) is 73.8 cm³/mol. The molecule has 3 nitrogen and oxygen atoms in total. The highest BCUT2D eigenvalue weighted by atomic mass is 32.1. The van der Waals surface area contributed by atoms with E-state index in [-0.39, 0.29) is 0 Å². The largest absolute Gasteiger partial charge is 0.314 e. The third-order valence-electron chi connectivity index (χ3n) is 3.21. The Hall–Kier alpha value is -1.40. The van der Waals surface area contributed by atoms with Crippen molar-refractivity contribution in [3.8, 4) is 0 Å². The Morgan fingerprint density at radius 1 is 1.20 bits per heavy atom. The molecule has 0 spiro atoms. The first-order valence-electron chi connectivity index (χ1n) is 6.69. The van der Waals surface area contributed by atoms with Gasteiger partial charge in [-0.2, -0.15) is 0 Å². The second kappa shape index (κ2) is 5.93. The minimum Gasteiger partial charge on any atom is -0.314 e. The van der Waals surface area contributed by atoms with Crippen LogP contribution in [-0.2, 0) is 12.8 Å². The van der Waals surface area contributed by atoms with Crippen molar-refractivity contribution in [1.82, 2.24) is 15.5 Å². The SMILES string of the molecule is Fc1ccc(Cc2nnc(CCNC3CC3)s2)c(F)c1. The summed E-state index contributed by atoms with van der Waals surface area (Å²) >= 11 is 1.49. The summed E-state index contributed by atoms with van der Waals surface area (Å²) in [7, 11) is 0. The van der Waals surface area contributed by atoms with Crippen LogP contribution in [0.5, 0.6) is 0 Å². The van der Waals surface area contributed by atoms with Crippen LogP contribution < -0.4 is 5.32 Å². The van der Waals surface area contributed by atoms with Gasteiger partial charge in [0.1, 0.15) is 21.6 Å². The van der Waals surface area contributed by atoms with Crippen LogP contribution in [0.3, 0.4) is 0 Å². The van der Waals surface area contributed by atoms with Gasteiger partial charge in [-0.25, -0.2) is 8.78 Å². The molecule has 106 valence electrons. The third-order valence-corrected chi connectivity index (χ3v) is 4.20. The standard InChI is InChI=1S/C14H15F2N3S/c15-10-2-1-9(12(16)8-10)7-14-19-18-13(20-14)5-6-17-11-3-4-11/h1-2,8,11,17H,3-7H2. The lowest BCUT2D eigenvalue weighted by Gasteiger charge is -2.00. The van der Waals surface area contributed by atoms with Crippen molar-refractivity contribution in [3.05, 3.63) is 45.4 Å². The summed E-state index contributed by atoms with van der Waals surface area (Å²) in [6, 6.07) is 4.31. The number of benzene rings is 1. The highest BCUT2D eigenvalue weighted by Crippen LogP contribution is 2.20. The zero-order chi connectivity index (χ0) is 13.9. The number of hydrogen-bond donors (Lipinski definition) is 1. The van der Waals surface area contributed by atoms with Gasteiger partial charge in [0.15, 0.2) is 0 Å². The van der Waals surface area contributed by atoms with Crippen LogP contribution in [0.1, 0.15) is 28.4 Å². The lowest BCUT2D eigenvalue weighted by molar-refractivity contribution is 0.574. The summed E-state index contributed by atoms with van der Waals surface area (Å²) in [5.74, 6) is -1.09. The highest BCUT2D eigenvalue weighted by molar-refractivity contribution is 7.11. The first-order valence-corrected chi connectivity index (χ1v) is 7.51. The van der Waals surface area contributed by atoms with Gasteiger partial charge in [0.25, 0.3) is 0 Å². The van der Waals surface area contributed by atoms with Crippen LogP contribution in [0.25, 0.3) is 0 Å². The molecule has 1 aromatic heterocycles. The number of rotatable bonds is 6. The van der Waals surface area contributed by atoms with E-state index in [0.29, 0.717) is 18.0 Å². The normalized spacial score (nSPS) is 14.7.